The molecule has 4 aliphatic heterocycles. The Morgan fingerprint density at radius 3 is 2.56 bits per heavy atom. The van der Waals surface area contributed by atoms with Gasteiger partial charge >= 0.3 is 0 Å². The molecule has 0 spiro atoms. The van der Waals surface area contributed by atoms with Crippen LogP contribution >= 0.6 is 0 Å². The fourth-order valence-corrected chi connectivity index (χ4v) is 9.97. The number of aromatic nitrogens is 3. The number of pyridine rings is 2. The number of halogens is 2. The third-order valence-electron chi connectivity index (χ3n) is 13.8. The van der Waals surface area contributed by atoms with Crippen LogP contribution in [-0.4, -0.2) is 137 Å². The maximum absolute atomic E-state index is 14.8. The Labute approximate surface area is 414 Å². The van der Waals surface area contributed by atoms with Crippen LogP contribution in [-0.2, 0) is 20.9 Å². The van der Waals surface area contributed by atoms with Crippen molar-refractivity contribution in [3.8, 4) is 22.9 Å². The number of anilines is 2. The minimum Gasteiger partial charge on any atom is -0.492 e. The van der Waals surface area contributed by atoms with Crippen LogP contribution in [0.15, 0.2) is 85.1 Å². The average molecular weight is 986 g/mol. The molecule has 7 heterocycles. The Morgan fingerprint density at radius 2 is 1.82 bits per heavy atom. The van der Waals surface area contributed by atoms with Crippen LogP contribution in [0.25, 0.3) is 16.6 Å². The van der Waals surface area contributed by atoms with Gasteiger partial charge in [-0.15, -0.1) is 0 Å². The van der Waals surface area contributed by atoms with Crippen LogP contribution in [0.4, 0.5) is 20.3 Å². The number of nitriles is 1. The number of hydrogen-bond acceptors (Lipinski definition) is 15. The third kappa shape index (κ3) is 10.8. The van der Waals surface area contributed by atoms with Crippen molar-refractivity contribution in [2.45, 2.75) is 57.2 Å². The van der Waals surface area contributed by atoms with Gasteiger partial charge in [0.15, 0.2) is 0 Å². The van der Waals surface area contributed by atoms with E-state index >= 15 is 0 Å². The number of rotatable bonds is 17. The van der Waals surface area contributed by atoms with Crippen molar-refractivity contribution >= 4 is 40.7 Å². The first-order valence-electron chi connectivity index (χ1n) is 24.1. The van der Waals surface area contributed by atoms with Gasteiger partial charge in [-0.3, -0.25) is 29.4 Å². The molecule has 2 aromatic carbocycles. The van der Waals surface area contributed by atoms with Gasteiger partial charge in [-0.2, -0.15) is 10.4 Å². The molecule has 5 aromatic rings. The standard InChI is InChI=1S/C51H57F2N13O6/c1-2-72-39-24-41(47-35(25-54)27-58-66(47)30-39)33-4-10-45(57-26-33)63-16-12-51(13-17-63,60-48(68)42-23-36(52)5-8-43(42)53)32-71-31-37(55)29-64(56)15-3-14-61-18-20-62(21-19-61)38-6-7-40-34(22-38)28-65(50(40)70)44-9-11-46(67)59-49(44)69/h4-8,10,22-24,26-27,29-30,44H,2-3,9,11-21,28,31-32,55-56H2,1H3,(H,60,68)(H,59,67,69)/b37-29-. The average Bonchev–Trinajstić information content (AvgIpc) is 3.94. The van der Waals surface area contributed by atoms with Crippen molar-refractivity contribution in [2.24, 2.45) is 11.6 Å². The molecule has 0 radical (unpaired) electrons. The van der Waals surface area contributed by atoms with E-state index in [1.807, 2.05) is 43.3 Å². The van der Waals surface area contributed by atoms with E-state index in [-0.39, 0.29) is 31.4 Å². The number of hydrazine groups is 1. The number of piperazine rings is 1. The Morgan fingerprint density at radius 1 is 1.01 bits per heavy atom. The molecule has 0 saturated carbocycles. The smallest absolute Gasteiger partial charge is 0.255 e. The molecular weight excluding hydrogens is 929 g/mol. The van der Waals surface area contributed by atoms with Crippen LogP contribution in [0.3, 0.4) is 0 Å². The number of imide groups is 1. The molecule has 9 rings (SSSR count). The molecule has 21 heteroatoms. The SMILES string of the molecule is CCOc1cc(-c2ccc(N3CCC(COC/C(N)=C/N(N)CCCN4CCN(c5ccc6c(c5)CN(C5CCC(=O)NC5=O)C6=O)CC4)(NC(=O)c4cc(F)ccc4F)CC3)nc2)c2c(C#N)cnn2c1. The van der Waals surface area contributed by atoms with Crippen LogP contribution in [0.1, 0.15) is 70.9 Å². The Bertz CT molecular complexity index is 2930. The van der Waals surface area contributed by atoms with E-state index in [4.69, 9.17) is 26.0 Å². The molecule has 72 heavy (non-hydrogen) atoms. The lowest BCUT2D eigenvalue weighted by molar-refractivity contribution is -0.136. The number of carbonyl (C=O) groups excluding carboxylic acids is 4. The highest BCUT2D eigenvalue weighted by atomic mass is 19.1. The molecule has 0 bridgehead atoms. The van der Waals surface area contributed by atoms with Crippen LogP contribution in [0.2, 0.25) is 0 Å². The number of amides is 4. The van der Waals surface area contributed by atoms with Gasteiger partial charge in [-0.25, -0.2) is 24.1 Å². The van der Waals surface area contributed by atoms with Gasteiger partial charge in [-0.05, 0) is 92.8 Å². The van der Waals surface area contributed by atoms with E-state index in [1.165, 1.54) is 11.2 Å². The van der Waals surface area contributed by atoms with Crippen molar-refractivity contribution < 1.29 is 37.4 Å². The summed E-state index contributed by atoms with van der Waals surface area (Å²) < 4.78 is 42.5. The summed E-state index contributed by atoms with van der Waals surface area (Å²) in [4.78, 5) is 63.9. The zero-order valence-electron chi connectivity index (χ0n) is 40.0. The van der Waals surface area contributed by atoms with Gasteiger partial charge in [0.1, 0.15) is 35.3 Å². The summed E-state index contributed by atoms with van der Waals surface area (Å²) >= 11 is 0. The summed E-state index contributed by atoms with van der Waals surface area (Å²) in [6.07, 6.45) is 8.68. The number of ether oxygens (including phenoxy) is 2. The molecule has 0 aliphatic carbocycles. The van der Waals surface area contributed by atoms with E-state index in [1.54, 1.807) is 28.0 Å². The number of hydrogen-bond donors (Lipinski definition) is 4. The van der Waals surface area contributed by atoms with E-state index in [0.29, 0.717) is 86.0 Å². The van der Waals surface area contributed by atoms with Crippen LogP contribution < -0.4 is 36.7 Å². The van der Waals surface area contributed by atoms with Gasteiger partial charge < -0.3 is 40.2 Å². The molecule has 4 amide bonds. The van der Waals surface area contributed by atoms with Gasteiger partial charge in [0.05, 0.1) is 60.1 Å². The van der Waals surface area contributed by atoms with E-state index in [9.17, 15) is 33.2 Å². The van der Waals surface area contributed by atoms with Crippen molar-refractivity contribution in [3.63, 3.8) is 0 Å². The lowest BCUT2D eigenvalue weighted by Crippen LogP contribution is -2.58. The predicted octanol–water partition coefficient (Wildman–Crippen LogP) is 3.68. The summed E-state index contributed by atoms with van der Waals surface area (Å²) in [5.41, 5.74) is 10.4. The highest BCUT2D eigenvalue weighted by molar-refractivity contribution is 6.05. The second-order valence-corrected chi connectivity index (χ2v) is 18.6. The molecule has 376 valence electrons. The first kappa shape index (κ1) is 49.3. The third-order valence-corrected chi connectivity index (χ3v) is 13.8. The molecule has 1 atom stereocenters. The highest BCUT2D eigenvalue weighted by Crippen LogP contribution is 2.34. The van der Waals surface area contributed by atoms with Crippen molar-refractivity contribution in [3.05, 3.63) is 119 Å². The Hall–Kier alpha value is -7.67. The zero-order valence-corrected chi connectivity index (χ0v) is 40.0. The van der Waals surface area contributed by atoms with Gasteiger partial charge in [-0.1, -0.05) is 0 Å². The maximum atomic E-state index is 14.8. The lowest BCUT2D eigenvalue weighted by Gasteiger charge is -2.42. The molecule has 1 unspecified atom stereocenters. The normalized spacial score (nSPS) is 18.3. The number of nitrogens with two attached hydrogens (primary N) is 2. The molecule has 4 aliphatic rings. The Balaban J connectivity index is 0.761. The van der Waals surface area contributed by atoms with Crippen LogP contribution in [0.5, 0.6) is 5.75 Å². The molecule has 19 nitrogen and oxygen atoms in total. The number of carbonyl (C=O) groups is 4. The van der Waals surface area contributed by atoms with Crippen molar-refractivity contribution in [2.75, 3.05) is 82.0 Å². The van der Waals surface area contributed by atoms with Gasteiger partial charge in [0.25, 0.3) is 11.8 Å². The summed E-state index contributed by atoms with van der Waals surface area (Å²) in [6.45, 7) is 8.24. The molecule has 3 aromatic heterocycles. The monoisotopic (exact) mass is 985 g/mol. The van der Waals surface area contributed by atoms with Crippen LogP contribution in [0, 0.1) is 23.0 Å². The predicted molar refractivity (Wildman–Crippen MR) is 262 cm³/mol. The second kappa shape index (κ2) is 21.4. The minimum absolute atomic E-state index is 0.00259. The summed E-state index contributed by atoms with van der Waals surface area (Å²) in [6, 6.07) is 15.8. The topological polar surface area (TPSA) is 233 Å². The van der Waals surface area contributed by atoms with E-state index in [0.717, 1.165) is 79.7 Å². The van der Waals surface area contributed by atoms with E-state index < -0.39 is 40.6 Å². The largest absolute Gasteiger partial charge is 0.492 e. The summed E-state index contributed by atoms with van der Waals surface area (Å²) in [5, 5.41) is 21.0. The zero-order chi connectivity index (χ0) is 50.5. The highest BCUT2D eigenvalue weighted by Gasteiger charge is 2.40. The molecule has 3 fully saturated rings. The molecule has 6 N–H and O–H groups in total. The van der Waals surface area contributed by atoms with Gasteiger partial charge in [0.2, 0.25) is 11.8 Å². The van der Waals surface area contributed by atoms with E-state index in [2.05, 4.69) is 36.5 Å². The number of nitrogens with zero attached hydrogens (tertiary/aromatic N) is 9. The Kier molecular flexibility index (Phi) is 14.6. The number of nitrogens with one attached hydrogen (secondary N) is 2. The second-order valence-electron chi connectivity index (χ2n) is 18.6. The number of benzene rings is 2. The first-order valence-corrected chi connectivity index (χ1v) is 24.1. The maximum Gasteiger partial charge on any atom is 0.255 e. The fourth-order valence-electron chi connectivity index (χ4n) is 9.97. The van der Waals surface area contributed by atoms with Gasteiger partial charge in [0, 0.05) is 100 Å². The number of piperidine rings is 2. The fraction of sp³-hybridized carbons (Fsp3) is 0.392. The van der Waals surface area contributed by atoms with Crippen molar-refractivity contribution in [1.29, 1.82) is 5.26 Å². The lowest BCUT2D eigenvalue weighted by atomic mass is 9.87. The number of fused-ring (bicyclic) bond motifs is 2. The summed E-state index contributed by atoms with van der Waals surface area (Å²) in [5.74, 6) is 4.38. The van der Waals surface area contributed by atoms with Crippen molar-refractivity contribution in [1.82, 2.24) is 40.0 Å². The molecular formula is C51H57F2N13O6. The minimum atomic E-state index is -0.960. The molecule has 3 saturated heterocycles. The quantitative estimate of drug-likeness (QED) is 0.0592. The first-order chi connectivity index (χ1) is 34.8. The summed E-state index contributed by atoms with van der Waals surface area (Å²) in [7, 11) is 0.